The Morgan fingerprint density at radius 3 is 2.38 bits per heavy atom. The predicted molar refractivity (Wildman–Crippen MR) is 103 cm³/mol. The minimum atomic E-state index is 0.172. The number of amides is 2. The van der Waals surface area contributed by atoms with Gasteiger partial charge in [0.1, 0.15) is 0 Å². The van der Waals surface area contributed by atoms with Crippen LogP contribution in [0.5, 0.6) is 0 Å². The van der Waals surface area contributed by atoms with Crippen molar-refractivity contribution < 1.29 is 9.59 Å². The average Bonchev–Trinajstić information content (AvgIpc) is 3.41. The quantitative estimate of drug-likeness (QED) is 0.816. The van der Waals surface area contributed by atoms with Crippen molar-refractivity contribution in [2.75, 3.05) is 39.3 Å². The van der Waals surface area contributed by atoms with Crippen LogP contribution in [0.15, 0.2) is 16.8 Å². The Morgan fingerprint density at radius 2 is 1.69 bits per heavy atom. The number of carbonyl (C=O) groups is 2. The minimum Gasteiger partial charge on any atom is -0.342 e. The van der Waals surface area contributed by atoms with Crippen LogP contribution in [0.3, 0.4) is 0 Å². The summed E-state index contributed by atoms with van der Waals surface area (Å²) in [5.41, 5.74) is 0.822. The molecule has 0 aromatic carbocycles. The smallest absolute Gasteiger partial charge is 0.254 e. The van der Waals surface area contributed by atoms with Gasteiger partial charge in [-0.15, -0.1) is 0 Å². The molecule has 0 aliphatic carbocycles. The van der Waals surface area contributed by atoms with E-state index in [1.54, 1.807) is 11.3 Å². The van der Waals surface area contributed by atoms with Gasteiger partial charge in [-0.05, 0) is 56.5 Å². The fourth-order valence-electron chi connectivity index (χ4n) is 4.74. The van der Waals surface area contributed by atoms with Crippen molar-refractivity contribution in [3.63, 3.8) is 0 Å². The van der Waals surface area contributed by atoms with Crippen LogP contribution >= 0.6 is 11.3 Å². The summed E-state index contributed by atoms with van der Waals surface area (Å²) in [4.78, 5) is 31.9. The van der Waals surface area contributed by atoms with Crippen LogP contribution in [-0.2, 0) is 4.79 Å². The standard InChI is InChI=1S/C20H29N3O2S/c24-19(21-8-1-2-9-21)16-4-3-10-23(14-16)18-5-11-22(12-6-18)20(25)17-7-13-26-15-17/h7,13,15-16,18H,1-6,8-12,14H2/t16-/m0/s1. The summed E-state index contributed by atoms with van der Waals surface area (Å²) in [6.45, 7) is 5.60. The van der Waals surface area contributed by atoms with Crippen molar-refractivity contribution in [2.24, 2.45) is 5.92 Å². The van der Waals surface area contributed by atoms with E-state index in [0.717, 1.165) is 70.5 Å². The first-order valence-corrected chi connectivity index (χ1v) is 11.0. The Balaban J connectivity index is 1.30. The zero-order valence-corrected chi connectivity index (χ0v) is 16.3. The van der Waals surface area contributed by atoms with E-state index in [0.29, 0.717) is 11.9 Å². The number of carbonyl (C=O) groups excluding carboxylic acids is 2. The summed E-state index contributed by atoms with van der Waals surface area (Å²) in [7, 11) is 0. The molecule has 3 aliphatic rings. The molecule has 0 bridgehead atoms. The predicted octanol–water partition coefficient (Wildman–Crippen LogP) is 2.69. The third-order valence-electron chi connectivity index (χ3n) is 6.26. The Labute approximate surface area is 159 Å². The van der Waals surface area contributed by atoms with Crippen molar-refractivity contribution in [3.8, 4) is 0 Å². The van der Waals surface area contributed by atoms with Crippen LogP contribution in [0.4, 0.5) is 0 Å². The summed E-state index contributed by atoms with van der Waals surface area (Å²) < 4.78 is 0. The maximum absolute atomic E-state index is 12.7. The van der Waals surface area contributed by atoms with Gasteiger partial charge in [-0.1, -0.05) is 0 Å². The van der Waals surface area contributed by atoms with Gasteiger partial charge >= 0.3 is 0 Å². The maximum Gasteiger partial charge on any atom is 0.254 e. The van der Waals surface area contributed by atoms with E-state index in [-0.39, 0.29) is 11.8 Å². The highest BCUT2D eigenvalue weighted by atomic mass is 32.1. The Hall–Kier alpha value is -1.40. The fourth-order valence-corrected chi connectivity index (χ4v) is 5.37. The van der Waals surface area contributed by atoms with Crippen LogP contribution < -0.4 is 0 Å². The van der Waals surface area contributed by atoms with Crippen LogP contribution in [0, 0.1) is 5.92 Å². The molecule has 5 nitrogen and oxygen atoms in total. The lowest BCUT2D eigenvalue weighted by Gasteiger charge is -2.42. The summed E-state index contributed by atoms with van der Waals surface area (Å²) in [6, 6.07) is 2.44. The molecule has 0 unspecified atom stereocenters. The molecule has 2 amide bonds. The topological polar surface area (TPSA) is 43.9 Å². The lowest BCUT2D eigenvalue weighted by atomic mass is 9.93. The molecule has 3 fully saturated rings. The van der Waals surface area contributed by atoms with Crippen molar-refractivity contribution in [2.45, 2.75) is 44.6 Å². The maximum atomic E-state index is 12.7. The van der Waals surface area contributed by atoms with Gasteiger partial charge in [-0.2, -0.15) is 11.3 Å². The molecule has 0 spiro atoms. The third-order valence-corrected chi connectivity index (χ3v) is 6.94. The van der Waals surface area contributed by atoms with Gasteiger partial charge in [0.25, 0.3) is 5.91 Å². The van der Waals surface area contributed by atoms with Crippen molar-refractivity contribution in [1.82, 2.24) is 14.7 Å². The minimum absolute atomic E-state index is 0.172. The zero-order valence-electron chi connectivity index (χ0n) is 15.4. The van der Waals surface area contributed by atoms with E-state index < -0.39 is 0 Å². The Morgan fingerprint density at radius 1 is 0.923 bits per heavy atom. The normalized spacial score (nSPS) is 25.6. The van der Waals surface area contributed by atoms with Gasteiger partial charge in [-0.3, -0.25) is 14.5 Å². The van der Waals surface area contributed by atoms with Crippen LogP contribution in [0.2, 0.25) is 0 Å². The Kier molecular flexibility index (Phi) is 5.60. The van der Waals surface area contributed by atoms with Gasteiger partial charge in [0.15, 0.2) is 0 Å². The molecule has 1 aromatic heterocycles. The number of likely N-dealkylation sites (tertiary alicyclic amines) is 3. The number of piperidine rings is 2. The second-order valence-electron chi connectivity index (χ2n) is 7.90. The summed E-state index contributed by atoms with van der Waals surface area (Å²) in [6.07, 6.45) is 6.55. The third kappa shape index (κ3) is 3.81. The first kappa shape index (κ1) is 18.0. The highest BCUT2D eigenvalue weighted by Crippen LogP contribution is 2.26. The van der Waals surface area contributed by atoms with Gasteiger partial charge in [0.2, 0.25) is 5.91 Å². The molecule has 3 saturated heterocycles. The molecule has 142 valence electrons. The molecule has 26 heavy (non-hydrogen) atoms. The van der Waals surface area contributed by atoms with Crippen LogP contribution in [0.25, 0.3) is 0 Å². The molecule has 4 rings (SSSR count). The van der Waals surface area contributed by atoms with Gasteiger partial charge < -0.3 is 9.80 Å². The van der Waals surface area contributed by atoms with Crippen molar-refractivity contribution >= 4 is 23.2 Å². The molecule has 6 heteroatoms. The van der Waals surface area contributed by atoms with E-state index in [1.165, 1.54) is 12.8 Å². The fraction of sp³-hybridized carbons (Fsp3) is 0.700. The molecule has 1 aromatic rings. The summed E-state index contributed by atoms with van der Waals surface area (Å²) in [5, 5.41) is 3.90. The van der Waals surface area contributed by atoms with Crippen molar-refractivity contribution in [3.05, 3.63) is 22.4 Å². The second kappa shape index (κ2) is 8.09. The van der Waals surface area contributed by atoms with E-state index in [4.69, 9.17) is 0 Å². The van der Waals surface area contributed by atoms with Gasteiger partial charge in [0.05, 0.1) is 11.5 Å². The molecule has 0 N–H and O–H groups in total. The lowest BCUT2D eigenvalue weighted by molar-refractivity contribution is -0.136. The first-order valence-electron chi connectivity index (χ1n) is 10.1. The van der Waals surface area contributed by atoms with E-state index in [2.05, 4.69) is 9.80 Å². The van der Waals surface area contributed by atoms with Crippen molar-refractivity contribution in [1.29, 1.82) is 0 Å². The zero-order chi connectivity index (χ0) is 17.9. The average molecular weight is 376 g/mol. The summed E-state index contributed by atoms with van der Waals surface area (Å²) in [5.74, 6) is 0.745. The van der Waals surface area contributed by atoms with E-state index >= 15 is 0 Å². The van der Waals surface area contributed by atoms with Gasteiger partial charge in [-0.25, -0.2) is 0 Å². The molecule has 4 heterocycles. The number of hydrogen-bond acceptors (Lipinski definition) is 4. The second-order valence-corrected chi connectivity index (χ2v) is 8.68. The SMILES string of the molecule is O=C(c1ccsc1)N1CCC(N2CCC[C@H](C(=O)N3CCCC3)C2)CC1. The molecule has 0 saturated carbocycles. The molecule has 1 atom stereocenters. The number of thiophene rings is 1. The molecule has 0 radical (unpaired) electrons. The molecule has 3 aliphatic heterocycles. The molecular formula is C20H29N3O2S. The first-order chi connectivity index (χ1) is 12.7. The number of nitrogens with zero attached hydrogens (tertiary/aromatic N) is 3. The van der Waals surface area contributed by atoms with Crippen LogP contribution in [0.1, 0.15) is 48.9 Å². The largest absolute Gasteiger partial charge is 0.342 e. The van der Waals surface area contributed by atoms with E-state index in [9.17, 15) is 9.59 Å². The van der Waals surface area contributed by atoms with Gasteiger partial charge in [0, 0.05) is 44.1 Å². The number of hydrogen-bond donors (Lipinski definition) is 0. The summed E-state index contributed by atoms with van der Waals surface area (Å²) >= 11 is 1.58. The Bertz CT molecular complexity index is 619. The molecular weight excluding hydrogens is 346 g/mol. The van der Waals surface area contributed by atoms with Crippen LogP contribution in [-0.4, -0.2) is 71.8 Å². The highest BCUT2D eigenvalue weighted by molar-refractivity contribution is 7.08. The monoisotopic (exact) mass is 375 g/mol. The van der Waals surface area contributed by atoms with E-state index in [1.807, 2.05) is 21.7 Å². The highest BCUT2D eigenvalue weighted by Gasteiger charge is 2.34. The lowest BCUT2D eigenvalue weighted by Crippen LogP contribution is -2.51. The number of rotatable bonds is 3.